The van der Waals surface area contributed by atoms with Crippen LogP contribution in [0, 0.1) is 11.8 Å². The molecule has 0 aromatic rings. The van der Waals surface area contributed by atoms with Crippen LogP contribution in [-0.2, 0) is 65.4 Å². The van der Waals surface area contributed by atoms with Gasteiger partial charge in [0.25, 0.3) is 0 Å². The molecule has 0 spiro atoms. The van der Waals surface area contributed by atoms with Crippen LogP contribution in [0.4, 0.5) is 0 Å². The van der Waals surface area contributed by atoms with Crippen LogP contribution in [-0.4, -0.2) is 96.7 Å². The summed E-state index contributed by atoms with van der Waals surface area (Å²) in [7, 11) is -9.94. The van der Waals surface area contributed by atoms with Gasteiger partial charge in [0.05, 0.1) is 26.4 Å². The molecule has 0 rings (SSSR count). The van der Waals surface area contributed by atoms with Crippen LogP contribution >= 0.6 is 15.6 Å². The van der Waals surface area contributed by atoms with Crippen molar-refractivity contribution in [3.63, 3.8) is 0 Å². The number of carbonyl (C=O) groups is 4. The zero-order chi connectivity index (χ0) is 82.7. The summed E-state index contributed by atoms with van der Waals surface area (Å²) in [4.78, 5) is 73.5. The van der Waals surface area contributed by atoms with Crippen LogP contribution in [0.1, 0.15) is 510 Å². The molecule has 672 valence electrons. The Bertz CT molecular complexity index is 2150. The van der Waals surface area contributed by atoms with E-state index in [4.69, 9.17) is 37.0 Å². The fourth-order valence-corrected chi connectivity index (χ4v) is 16.4. The van der Waals surface area contributed by atoms with Gasteiger partial charge in [0.1, 0.15) is 19.3 Å². The van der Waals surface area contributed by atoms with Crippen LogP contribution in [0.15, 0.2) is 0 Å². The Hall–Kier alpha value is -1.94. The number of ether oxygens (including phenoxy) is 4. The Morgan fingerprint density at radius 3 is 0.673 bits per heavy atom. The standard InChI is InChI=1S/C94H184O17P2/c1-7-10-12-14-16-18-20-22-24-26-28-29-31-35-39-43-47-51-58-64-70-76-91(96)104-82-89(110-93(98)78-72-67-61-53-49-45-41-37-33-32-34-38-42-46-50-56-62-68-74-86(4)5)84-108-112(100,101)106-80-88(95)81-107-113(102,103)109-85-90(83-105-92(97)77-71-65-59-55-54-57-63-69-75-87(6)9-3)111-94(99)79-73-66-60-52-48-44-40-36-30-27-25-23-21-19-17-15-13-11-8-2/h86-90,95H,7-85H2,1-6H3,(H,100,101)(H,102,103)/t87?,88-,89-,90-/m1/s1. The van der Waals surface area contributed by atoms with Crippen molar-refractivity contribution in [3.8, 4) is 0 Å². The zero-order valence-electron chi connectivity index (χ0n) is 74.7. The molecule has 17 nitrogen and oxygen atoms in total. The summed E-state index contributed by atoms with van der Waals surface area (Å²) in [5, 5.41) is 10.7. The topological polar surface area (TPSA) is 237 Å². The average molecular weight is 1650 g/mol. The normalized spacial score (nSPS) is 13.9. The molecular formula is C94H184O17P2. The monoisotopic (exact) mass is 1650 g/mol. The van der Waals surface area contributed by atoms with Crippen LogP contribution in [0.25, 0.3) is 0 Å². The minimum Gasteiger partial charge on any atom is -0.462 e. The van der Waals surface area contributed by atoms with Gasteiger partial charge < -0.3 is 33.8 Å². The van der Waals surface area contributed by atoms with Crippen LogP contribution in [0.3, 0.4) is 0 Å². The van der Waals surface area contributed by atoms with Crippen LogP contribution in [0.5, 0.6) is 0 Å². The Morgan fingerprint density at radius 2 is 0.451 bits per heavy atom. The molecule has 0 fully saturated rings. The molecule has 0 aromatic carbocycles. The predicted molar refractivity (Wildman–Crippen MR) is 469 cm³/mol. The quantitative estimate of drug-likeness (QED) is 0.0222. The molecule has 6 atom stereocenters. The number of hydrogen-bond donors (Lipinski definition) is 3. The molecule has 0 heterocycles. The summed E-state index contributed by atoms with van der Waals surface area (Å²) in [6.45, 7) is 9.76. The van der Waals surface area contributed by atoms with E-state index in [1.54, 1.807) is 0 Å². The number of aliphatic hydroxyl groups is 1. The maximum absolute atomic E-state index is 13.2. The van der Waals surface area contributed by atoms with Gasteiger partial charge in [-0.25, -0.2) is 9.13 Å². The first-order chi connectivity index (χ1) is 54.9. The molecule has 0 saturated heterocycles. The summed E-state index contributed by atoms with van der Waals surface area (Å²) in [6.07, 6.45) is 80.7. The Morgan fingerprint density at radius 1 is 0.257 bits per heavy atom. The Balaban J connectivity index is 5.24. The van der Waals surface area contributed by atoms with Crippen molar-refractivity contribution in [2.24, 2.45) is 11.8 Å². The molecule has 0 saturated carbocycles. The highest BCUT2D eigenvalue weighted by molar-refractivity contribution is 7.47. The predicted octanol–water partition coefficient (Wildman–Crippen LogP) is 29.4. The molecule has 0 aromatic heterocycles. The van der Waals surface area contributed by atoms with Gasteiger partial charge in [0, 0.05) is 25.7 Å². The first kappa shape index (κ1) is 111. The van der Waals surface area contributed by atoms with Crippen molar-refractivity contribution in [1.82, 2.24) is 0 Å². The lowest BCUT2D eigenvalue weighted by Gasteiger charge is -2.21. The lowest BCUT2D eigenvalue weighted by molar-refractivity contribution is -0.161. The molecule has 0 radical (unpaired) electrons. The van der Waals surface area contributed by atoms with Crippen molar-refractivity contribution < 1.29 is 80.2 Å². The highest BCUT2D eigenvalue weighted by Crippen LogP contribution is 2.45. The zero-order valence-corrected chi connectivity index (χ0v) is 76.5. The number of unbranched alkanes of at least 4 members (excludes halogenated alkanes) is 62. The first-order valence-corrected chi connectivity index (χ1v) is 51.5. The van der Waals surface area contributed by atoms with Crippen molar-refractivity contribution in [2.75, 3.05) is 39.6 Å². The average Bonchev–Trinajstić information content (AvgIpc) is 0.896. The highest BCUT2D eigenvalue weighted by Gasteiger charge is 2.31. The minimum atomic E-state index is -4.97. The van der Waals surface area contributed by atoms with Crippen molar-refractivity contribution >= 4 is 39.5 Å². The number of hydrogen-bond acceptors (Lipinski definition) is 15. The largest absolute Gasteiger partial charge is 0.472 e. The van der Waals surface area contributed by atoms with Gasteiger partial charge in [-0.3, -0.25) is 37.3 Å². The fraction of sp³-hybridized carbons (Fsp3) is 0.957. The van der Waals surface area contributed by atoms with E-state index in [2.05, 4.69) is 41.5 Å². The number of rotatable bonds is 93. The SMILES string of the molecule is CCCCCCCCCCCCCCCCCCCCCCCC(=O)OC[C@H](COP(=O)(O)OC[C@@H](O)COP(=O)(O)OC[C@@H](COC(=O)CCCCCCCCCCC(C)CC)OC(=O)CCCCCCCCCCCCCCCCCCCCC)OC(=O)CCCCCCCCCCCCCCCCCCCCC(C)C. The molecule has 113 heavy (non-hydrogen) atoms. The van der Waals surface area contributed by atoms with E-state index in [1.165, 1.54) is 327 Å². The van der Waals surface area contributed by atoms with E-state index in [0.29, 0.717) is 25.7 Å². The summed E-state index contributed by atoms with van der Waals surface area (Å²) in [6, 6.07) is 0. The molecule has 0 amide bonds. The molecule has 0 aliphatic heterocycles. The molecule has 19 heteroatoms. The minimum absolute atomic E-state index is 0.109. The maximum Gasteiger partial charge on any atom is 0.472 e. The maximum atomic E-state index is 13.2. The number of phosphoric acid groups is 2. The van der Waals surface area contributed by atoms with Crippen LogP contribution in [0.2, 0.25) is 0 Å². The smallest absolute Gasteiger partial charge is 0.462 e. The van der Waals surface area contributed by atoms with E-state index in [9.17, 15) is 43.2 Å². The third kappa shape index (κ3) is 86.3. The Kier molecular flexibility index (Phi) is 83.6. The number of carbonyl (C=O) groups excluding carboxylic acids is 4. The van der Waals surface area contributed by atoms with Crippen molar-refractivity contribution in [2.45, 2.75) is 529 Å². The molecule has 3 N–H and O–H groups in total. The summed E-state index contributed by atoms with van der Waals surface area (Å²) >= 11 is 0. The second-order valence-corrected chi connectivity index (χ2v) is 37.4. The van der Waals surface area contributed by atoms with Gasteiger partial charge in [0.15, 0.2) is 12.2 Å². The summed E-state index contributed by atoms with van der Waals surface area (Å²) in [5.41, 5.74) is 0. The van der Waals surface area contributed by atoms with Crippen molar-refractivity contribution in [3.05, 3.63) is 0 Å². The van der Waals surface area contributed by atoms with Gasteiger partial charge in [0.2, 0.25) is 0 Å². The van der Waals surface area contributed by atoms with E-state index in [0.717, 1.165) is 102 Å². The molecule has 0 bridgehead atoms. The van der Waals surface area contributed by atoms with Crippen molar-refractivity contribution in [1.29, 1.82) is 0 Å². The Labute approximate surface area is 696 Å². The second kappa shape index (κ2) is 85.1. The third-order valence-electron chi connectivity index (χ3n) is 22.6. The summed E-state index contributed by atoms with van der Waals surface area (Å²) in [5.74, 6) is -0.495. The fourth-order valence-electron chi connectivity index (χ4n) is 14.8. The summed E-state index contributed by atoms with van der Waals surface area (Å²) < 4.78 is 69.2. The van der Waals surface area contributed by atoms with Gasteiger partial charge in [-0.2, -0.15) is 0 Å². The molecule has 0 aliphatic carbocycles. The molecular weight excluding hydrogens is 1460 g/mol. The second-order valence-electron chi connectivity index (χ2n) is 34.5. The third-order valence-corrected chi connectivity index (χ3v) is 24.5. The van der Waals surface area contributed by atoms with Gasteiger partial charge in [-0.1, -0.05) is 459 Å². The van der Waals surface area contributed by atoms with Gasteiger partial charge in [-0.15, -0.1) is 0 Å². The van der Waals surface area contributed by atoms with E-state index in [1.807, 2.05) is 0 Å². The number of phosphoric ester groups is 2. The number of aliphatic hydroxyl groups excluding tert-OH is 1. The number of esters is 4. The molecule has 3 unspecified atom stereocenters. The van der Waals surface area contributed by atoms with E-state index < -0.39 is 97.5 Å². The first-order valence-electron chi connectivity index (χ1n) is 48.5. The van der Waals surface area contributed by atoms with Crippen LogP contribution < -0.4 is 0 Å². The lowest BCUT2D eigenvalue weighted by atomic mass is 9.99. The van der Waals surface area contributed by atoms with E-state index in [-0.39, 0.29) is 25.7 Å². The highest BCUT2D eigenvalue weighted by atomic mass is 31.2. The molecule has 0 aliphatic rings. The lowest BCUT2D eigenvalue weighted by Crippen LogP contribution is -2.30. The van der Waals surface area contributed by atoms with E-state index >= 15 is 0 Å². The van der Waals surface area contributed by atoms with Gasteiger partial charge in [-0.05, 0) is 37.5 Å². The van der Waals surface area contributed by atoms with Gasteiger partial charge >= 0.3 is 39.5 Å².